The van der Waals surface area contributed by atoms with Gasteiger partial charge < -0.3 is 0 Å². The first kappa shape index (κ1) is 16.5. The second-order valence-corrected chi connectivity index (χ2v) is 7.75. The summed E-state index contributed by atoms with van der Waals surface area (Å²) in [5.41, 5.74) is 7.12. The number of halogens is 1. The molecule has 7 nitrogen and oxygen atoms in total. The van der Waals surface area contributed by atoms with E-state index in [1.807, 2.05) is 42.6 Å². The van der Waals surface area contributed by atoms with Crippen LogP contribution in [0.4, 0.5) is 0 Å². The van der Waals surface area contributed by atoms with E-state index >= 15 is 0 Å². The molecule has 2 unspecified atom stereocenters. The number of nitrogens with zero attached hydrogens (tertiary/aromatic N) is 7. The minimum Gasteiger partial charge on any atom is -0.266 e. The van der Waals surface area contributed by atoms with E-state index in [1.165, 1.54) is 0 Å². The van der Waals surface area contributed by atoms with Crippen LogP contribution in [0.1, 0.15) is 40.8 Å². The van der Waals surface area contributed by atoms with Crippen LogP contribution in [0.3, 0.4) is 0 Å². The third kappa shape index (κ3) is 2.49. The third-order valence-electron chi connectivity index (χ3n) is 5.45. The van der Waals surface area contributed by atoms with Crippen LogP contribution in [-0.2, 0) is 14.1 Å². The second kappa shape index (κ2) is 5.66. The molecule has 0 bridgehead atoms. The molecule has 27 heavy (non-hydrogen) atoms. The van der Waals surface area contributed by atoms with Crippen molar-refractivity contribution in [2.75, 3.05) is 0 Å². The van der Waals surface area contributed by atoms with E-state index in [2.05, 4.69) is 29.1 Å². The van der Waals surface area contributed by atoms with Crippen molar-refractivity contribution < 1.29 is 0 Å². The van der Waals surface area contributed by atoms with Gasteiger partial charge in [-0.1, -0.05) is 11.6 Å². The molecule has 0 saturated heterocycles. The molecule has 1 fully saturated rings. The zero-order valence-corrected chi connectivity index (χ0v) is 16.4. The fourth-order valence-corrected chi connectivity index (χ4v) is 4.05. The molecule has 0 spiro atoms. The number of fused-ring (bicyclic) bond motifs is 1. The summed E-state index contributed by atoms with van der Waals surface area (Å²) < 4.78 is 5.52. The van der Waals surface area contributed by atoms with Crippen molar-refractivity contribution in [3.05, 3.63) is 52.2 Å². The maximum Gasteiger partial charge on any atom is 0.156 e. The van der Waals surface area contributed by atoms with Gasteiger partial charge in [-0.25, -0.2) is 9.50 Å². The Labute approximate surface area is 161 Å². The summed E-state index contributed by atoms with van der Waals surface area (Å²) in [4.78, 5) is 4.43. The summed E-state index contributed by atoms with van der Waals surface area (Å²) in [7, 11) is 3.83. The van der Waals surface area contributed by atoms with Crippen molar-refractivity contribution >= 4 is 17.2 Å². The van der Waals surface area contributed by atoms with Gasteiger partial charge in [-0.15, -0.1) is 0 Å². The van der Waals surface area contributed by atoms with Crippen molar-refractivity contribution in [2.24, 2.45) is 14.1 Å². The van der Waals surface area contributed by atoms with Crippen molar-refractivity contribution in [3.8, 4) is 11.4 Å². The van der Waals surface area contributed by atoms with Gasteiger partial charge in [-0.2, -0.15) is 15.3 Å². The quantitative estimate of drug-likeness (QED) is 0.545. The maximum atomic E-state index is 6.36. The predicted molar refractivity (Wildman–Crippen MR) is 103 cm³/mol. The van der Waals surface area contributed by atoms with Crippen LogP contribution in [0.25, 0.3) is 17.0 Å². The summed E-state index contributed by atoms with van der Waals surface area (Å²) in [6.45, 7) is 4.07. The normalized spacial score (nSPS) is 19.1. The van der Waals surface area contributed by atoms with Gasteiger partial charge in [0.15, 0.2) is 5.65 Å². The van der Waals surface area contributed by atoms with Crippen LogP contribution < -0.4 is 0 Å². The maximum absolute atomic E-state index is 6.36. The average Bonchev–Trinajstić information content (AvgIpc) is 3.02. The van der Waals surface area contributed by atoms with Crippen molar-refractivity contribution in [1.29, 1.82) is 0 Å². The second-order valence-electron chi connectivity index (χ2n) is 7.39. The third-order valence-corrected chi connectivity index (χ3v) is 5.91. The minimum atomic E-state index is 0.381. The van der Waals surface area contributed by atoms with Gasteiger partial charge in [0.1, 0.15) is 10.8 Å². The number of hydrogen-bond acceptors (Lipinski definition) is 4. The zero-order valence-electron chi connectivity index (χ0n) is 15.7. The Bertz CT molecular complexity index is 1180. The van der Waals surface area contributed by atoms with Crippen molar-refractivity contribution in [1.82, 2.24) is 34.2 Å². The van der Waals surface area contributed by atoms with Crippen LogP contribution in [0, 0.1) is 13.8 Å². The lowest BCUT2D eigenvalue weighted by molar-refractivity contribution is 0.741. The van der Waals surface area contributed by atoms with Crippen LogP contribution in [0.5, 0.6) is 0 Å². The lowest BCUT2D eigenvalue weighted by Gasteiger charge is -2.05. The van der Waals surface area contributed by atoms with E-state index in [0.717, 1.165) is 51.1 Å². The highest BCUT2D eigenvalue weighted by Crippen LogP contribution is 2.55. The van der Waals surface area contributed by atoms with Crippen molar-refractivity contribution in [2.45, 2.75) is 32.1 Å². The average molecular weight is 382 g/mol. The van der Waals surface area contributed by atoms with Gasteiger partial charge in [0.2, 0.25) is 0 Å². The molecular formula is C19H20ClN7. The van der Waals surface area contributed by atoms with Gasteiger partial charge >= 0.3 is 0 Å². The van der Waals surface area contributed by atoms with Gasteiger partial charge in [0.25, 0.3) is 0 Å². The molecule has 0 N–H and O–H groups in total. The predicted octanol–water partition coefficient (Wildman–Crippen LogP) is 3.40. The molecule has 4 heterocycles. The molecular weight excluding hydrogens is 362 g/mol. The topological polar surface area (TPSA) is 65.8 Å². The Kier molecular flexibility index (Phi) is 3.46. The summed E-state index contributed by atoms with van der Waals surface area (Å²) in [5.74, 6) is 0.772. The van der Waals surface area contributed by atoms with E-state index in [1.54, 1.807) is 4.68 Å². The molecule has 0 radical (unpaired) electrons. The van der Waals surface area contributed by atoms with Crippen LogP contribution in [0.2, 0.25) is 5.15 Å². The molecule has 8 heteroatoms. The van der Waals surface area contributed by atoms with E-state index in [0.29, 0.717) is 11.8 Å². The Morgan fingerprint density at radius 3 is 2.59 bits per heavy atom. The lowest BCUT2D eigenvalue weighted by atomic mass is 10.1. The highest BCUT2D eigenvalue weighted by atomic mass is 35.5. The summed E-state index contributed by atoms with van der Waals surface area (Å²) in [5, 5.41) is 14.5. The van der Waals surface area contributed by atoms with E-state index in [-0.39, 0.29) is 0 Å². The lowest BCUT2D eigenvalue weighted by Crippen LogP contribution is -2.02. The molecule has 2 atom stereocenters. The van der Waals surface area contributed by atoms with Crippen LogP contribution in [0.15, 0.2) is 24.5 Å². The summed E-state index contributed by atoms with van der Waals surface area (Å²) in [6, 6.07) is 4.22. The zero-order chi connectivity index (χ0) is 18.9. The first-order valence-corrected chi connectivity index (χ1v) is 9.35. The van der Waals surface area contributed by atoms with Crippen molar-refractivity contribution in [3.63, 3.8) is 0 Å². The fraction of sp³-hybridized carbons (Fsp3) is 0.368. The Morgan fingerprint density at radius 2 is 1.85 bits per heavy atom. The largest absolute Gasteiger partial charge is 0.266 e. The number of imidazole rings is 1. The van der Waals surface area contributed by atoms with Crippen LogP contribution in [-0.4, -0.2) is 34.2 Å². The van der Waals surface area contributed by atoms with Gasteiger partial charge in [-0.3, -0.25) is 9.36 Å². The molecule has 1 aliphatic carbocycles. The smallest absolute Gasteiger partial charge is 0.156 e. The molecule has 4 aromatic heterocycles. The highest BCUT2D eigenvalue weighted by molar-refractivity contribution is 6.30. The molecule has 5 rings (SSSR count). The van der Waals surface area contributed by atoms with Gasteiger partial charge in [-0.05, 0) is 43.9 Å². The molecule has 1 saturated carbocycles. The molecule has 4 aromatic rings. The monoisotopic (exact) mass is 381 g/mol. The standard InChI is InChI=1S/C19H20ClN7/c1-10-5-16(24-27-11(2)8-21-19(10)27)17-7-15(23-25(17)3)13-6-12(13)14-9-22-26(4)18(14)20/h5,7-9,12-13H,6H2,1-4H3. The molecule has 0 aromatic carbocycles. The van der Waals surface area contributed by atoms with E-state index in [4.69, 9.17) is 21.8 Å². The summed E-state index contributed by atoms with van der Waals surface area (Å²) in [6.07, 6.45) is 4.77. The molecule has 0 amide bonds. The number of rotatable bonds is 3. The summed E-state index contributed by atoms with van der Waals surface area (Å²) >= 11 is 6.36. The molecule has 138 valence electrons. The number of aromatic nitrogens is 7. The molecule has 1 aliphatic rings. The first-order valence-electron chi connectivity index (χ1n) is 8.97. The SMILES string of the molecule is Cc1cc(-c2cc(C3CC3c3cnn(C)c3Cl)nn2C)nn2c(C)cnc12. The van der Waals surface area contributed by atoms with Gasteiger partial charge in [0, 0.05) is 25.6 Å². The van der Waals surface area contributed by atoms with Crippen LogP contribution >= 0.6 is 11.6 Å². The highest BCUT2D eigenvalue weighted by Gasteiger charge is 2.43. The molecule has 0 aliphatic heterocycles. The fourth-order valence-electron chi connectivity index (χ4n) is 3.82. The Balaban J connectivity index is 1.51. The van der Waals surface area contributed by atoms with E-state index in [9.17, 15) is 0 Å². The number of hydrogen-bond donors (Lipinski definition) is 0. The Hall–Kier alpha value is -2.67. The Morgan fingerprint density at radius 1 is 1.04 bits per heavy atom. The van der Waals surface area contributed by atoms with E-state index < -0.39 is 0 Å². The number of aryl methyl sites for hydroxylation is 4. The first-order chi connectivity index (χ1) is 12.9. The minimum absolute atomic E-state index is 0.381. The van der Waals surface area contributed by atoms with Gasteiger partial charge in [0.05, 0.1) is 29.5 Å².